The Morgan fingerprint density at radius 3 is 2.29 bits per heavy atom. The van der Waals surface area contributed by atoms with Crippen molar-refractivity contribution in [3.8, 4) is 11.5 Å². The summed E-state index contributed by atoms with van der Waals surface area (Å²) in [6.45, 7) is 2.40. The molecule has 8 heteroatoms. The maximum Gasteiger partial charge on any atom is 0.243 e. The summed E-state index contributed by atoms with van der Waals surface area (Å²) in [5, 5.41) is 0. The molecule has 0 aliphatic rings. The minimum atomic E-state index is -3.64. The molecule has 0 aliphatic carbocycles. The van der Waals surface area contributed by atoms with E-state index in [-0.39, 0.29) is 12.5 Å². The molecule has 0 aliphatic heterocycles. The highest BCUT2D eigenvalue weighted by Crippen LogP contribution is 2.23. The lowest BCUT2D eigenvalue weighted by molar-refractivity contribution is -0.128. The van der Waals surface area contributed by atoms with Gasteiger partial charge in [0.15, 0.2) is 0 Å². The number of carbonyl (C=O) groups excluding carboxylic acids is 1. The smallest absolute Gasteiger partial charge is 0.243 e. The van der Waals surface area contributed by atoms with Crippen LogP contribution in [0.4, 0.5) is 5.69 Å². The first-order chi connectivity index (χ1) is 13.3. The van der Waals surface area contributed by atoms with Crippen molar-refractivity contribution < 1.29 is 22.7 Å². The van der Waals surface area contributed by atoms with E-state index in [0.717, 1.165) is 16.1 Å². The fourth-order valence-corrected chi connectivity index (χ4v) is 3.55. The lowest BCUT2D eigenvalue weighted by Crippen LogP contribution is -2.41. The van der Waals surface area contributed by atoms with Gasteiger partial charge in [-0.15, -0.1) is 0 Å². The number of likely N-dealkylation sites (N-methyl/N-ethyl adjacent to an activating group) is 1. The summed E-state index contributed by atoms with van der Waals surface area (Å²) in [6, 6.07) is 14.0. The Labute approximate surface area is 166 Å². The van der Waals surface area contributed by atoms with Crippen LogP contribution in [0.25, 0.3) is 0 Å². The van der Waals surface area contributed by atoms with Crippen molar-refractivity contribution in [2.24, 2.45) is 0 Å². The van der Waals surface area contributed by atoms with Crippen LogP contribution in [-0.4, -0.2) is 52.8 Å². The van der Waals surface area contributed by atoms with Crippen molar-refractivity contribution in [2.75, 3.05) is 37.9 Å². The molecule has 0 radical (unpaired) electrons. The number of ether oxygens (including phenoxy) is 2. The third kappa shape index (κ3) is 5.63. The molecular formula is C20H26N2O5S. The first-order valence-corrected chi connectivity index (χ1v) is 10.7. The van der Waals surface area contributed by atoms with Gasteiger partial charge in [0.2, 0.25) is 15.9 Å². The lowest BCUT2D eigenvalue weighted by Gasteiger charge is -2.25. The first kappa shape index (κ1) is 21.6. The Morgan fingerprint density at radius 1 is 1.07 bits per heavy atom. The molecule has 0 bridgehead atoms. The quantitative estimate of drug-likeness (QED) is 0.640. The number of rotatable bonds is 9. The van der Waals surface area contributed by atoms with Crippen molar-refractivity contribution in [3.05, 3.63) is 54.1 Å². The summed E-state index contributed by atoms with van der Waals surface area (Å²) in [5.41, 5.74) is 1.25. The highest BCUT2D eigenvalue weighted by molar-refractivity contribution is 7.92. The maximum atomic E-state index is 12.7. The summed E-state index contributed by atoms with van der Waals surface area (Å²) in [6.07, 6.45) is 1.08. The number of nitrogens with zero attached hydrogens (tertiary/aromatic N) is 2. The van der Waals surface area contributed by atoms with Crippen LogP contribution in [0.3, 0.4) is 0 Å². The van der Waals surface area contributed by atoms with E-state index in [1.807, 2.05) is 31.2 Å². The molecule has 0 heterocycles. The van der Waals surface area contributed by atoms with E-state index in [1.54, 1.807) is 38.4 Å². The Bertz CT molecular complexity index is 897. The Hall–Kier alpha value is -2.74. The monoisotopic (exact) mass is 406 g/mol. The number of hydrogen-bond donors (Lipinski definition) is 0. The largest absolute Gasteiger partial charge is 0.496 e. The third-order valence-corrected chi connectivity index (χ3v) is 5.28. The average Bonchev–Trinajstić information content (AvgIpc) is 2.66. The SMILES string of the molecule is CCOc1ccc(N(CC(=O)N(C)Cc2ccccc2OC)S(C)(=O)=O)cc1. The number of sulfonamides is 1. The van der Waals surface area contributed by atoms with Crippen LogP contribution in [0.15, 0.2) is 48.5 Å². The predicted molar refractivity (Wildman–Crippen MR) is 109 cm³/mol. The zero-order chi connectivity index (χ0) is 20.7. The molecule has 2 rings (SSSR count). The topological polar surface area (TPSA) is 76.2 Å². The van der Waals surface area contributed by atoms with E-state index in [0.29, 0.717) is 30.3 Å². The summed E-state index contributed by atoms with van der Waals surface area (Å²) in [5.74, 6) is 0.984. The first-order valence-electron chi connectivity index (χ1n) is 8.82. The van der Waals surface area contributed by atoms with Gasteiger partial charge in [0.25, 0.3) is 0 Å². The van der Waals surface area contributed by atoms with Gasteiger partial charge < -0.3 is 14.4 Å². The second kappa shape index (κ2) is 9.45. The summed E-state index contributed by atoms with van der Waals surface area (Å²) in [7, 11) is -0.437. The van der Waals surface area contributed by atoms with Crippen LogP contribution in [0.2, 0.25) is 0 Å². The van der Waals surface area contributed by atoms with Crippen molar-refractivity contribution in [3.63, 3.8) is 0 Å². The molecular weight excluding hydrogens is 380 g/mol. The third-order valence-electron chi connectivity index (χ3n) is 4.14. The number of benzene rings is 2. The zero-order valence-corrected chi connectivity index (χ0v) is 17.4. The van der Waals surface area contributed by atoms with E-state index in [9.17, 15) is 13.2 Å². The summed E-state index contributed by atoms with van der Waals surface area (Å²) < 4.78 is 36.3. The standard InChI is InChI=1S/C20H26N2O5S/c1-5-27-18-12-10-17(11-13-18)22(28(4,24)25)15-20(23)21(2)14-16-8-6-7-9-19(16)26-3/h6-13H,5,14-15H2,1-4H3. The van der Waals surface area contributed by atoms with Crippen LogP contribution >= 0.6 is 0 Å². The zero-order valence-electron chi connectivity index (χ0n) is 16.6. The molecule has 0 fully saturated rings. The Balaban J connectivity index is 2.16. The minimum Gasteiger partial charge on any atom is -0.496 e. The fraction of sp³-hybridized carbons (Fsp3) is 0.350. The van der Waals surface area contributed by atoms with E-state index in [2.05, 4.69) is 0 Å². The van der Waals surface area contributed by atoms with E-state index in [1.165, 1.54) is 4.90 Å². The molecule has 0 saturated heterocycles. The molecule has 0 N–H and O–H groups in total. The number of carbonyl (C=O) groups is 1. The molecule has 0 saturated carbocycles. The van der Waals surface area contributed by atoms with Gasteiger partial charge in [-0.2, -0.15) is 0 Å². The molecule has 0 spiro atoms. The molecule has 2 aromatic rings. The van der Waals surface area contributed by atoms with Gasteiger partial charge in [0, 0.05) is 19.2 Å². The molecule has 7 nitrogen and oxygen atoms in total. The molecule has 0 atom stereocenters. The van der Waals surface area contributed by atoms with Gasteiger partial charge in [0.05, 0.1) is 25.7 Å². The van der Waals surface area contributed by atoms with Gasteiger partial charge in [-0.1, -0.05) is 18.2 Å². The highest BCUT2D eigenvalue weighted by atomic mass is 32.2. The summed E-state index contributed by atoms with van der Waals surface area (Å²) in [4.78, 5) is 14.2. The molecule has 152 valence electrons. The van der Waals surface area contributed by atoms with Crippen LogP contribution in [0, 0.1) is 0 Å². The van der Waals surface area contributed by atoms with E-state index in [4.69, 9.17) is 9.47 Å². The second-order valence-corrected chi connectivity index (χ2v) is 8.17. The fourth-order valence-electron chi connectivity index (χ4n) is 2.70. The normalized spacial score (nSPS) is 11.0. The molecule has 28 heavy (non-hydrogen) atoms. The van der Waals surface area contributed by atoms with Crippen molar-refractivity contribution in [2.45, 2.75) is 13.5 Å². The van der Waals surface area contributed by atoms with E-state index >= 15 is 0 Å². The summed E-state index contributed by atoms with van der Waals surface area (Å²) >= 11 is 0. The highest BCUT2D eigenvalue weighted by Gasteiger charge is 2.23. The van der Waals surface area contributed by atoms with Gasteiger partial charge in [-0.05, 0) is 37.3 Å². The molecule has 0 unspecified atom stereocenters. The molecule has 1 amide bonds. The van der Waals surface area contributed by atoms with Gasteiger partial charge in [-0.3, -0.25) is 9.10 Å². The van der Waals surface area contributed by atoms with Crippen LogP contribution in [0.1, 0.15) is 12.5 Å². The van der Waals surface area contributed by atoms with Gasteiger partial charge in [-0.25, -0.2) is 8.42 Å². The average molecular weight is 407 g/mol. The number of anilines is 1. The molecule has 0 aromatic heterocycles. The lowest BCUT2D eigenvalue weighted by atomic mass is 10.2. The minimum absolute atomic E-state index is 0.293. The number of amides is 1. The van der Waals surface area contributed by atoms with Gasteiger partial charge in [0.1, 0.15) is 18.0 Å². The number of hydrogen-bond acceptors (Lipinski definition) is 5. The maximum absolute atomic E-state index is 12.7. The van der Waals surface area contributed by atoms with E-state index < -0.39 is 10.0 Å². The van der Waals surface area contributed by atoms with Crippen molar-refractivity contribution in [1.82, 2.24) is 4.90 Å². The molecule has 2 aromatic carbocycles. The van der Waals surface area contributed by atoms with Crippen molar-refractivity contribution >= 4 is 21.6 Å². The second-order valence-electron chi connectivity index (χ2n) is 6.26. The van der Waals surface area contributed by atoms with Crippen LogP contribution < -0.4 is 13.8 Å². The Kier molecular flexibility index (Phi) is 7.28. The van der Waals surface area contributed by atoms with Crippen LogP contribution in [0.5, 0.6) is 11.5 Å². The number of methoxy groups -OCH3 is 1. The van der Waals surface area contributed by atoms with Crippen molar-refractivity contribution in [1.29, 1.82) is 0 Å². The van der Waals surface area contributed by atoms with Crippen LogP contribution in [-0.2, 0) is 21.4 Å². The number of para-hydroxylation sites is 1. The predicted octanol–water partition coefficient (Wildman–Crippen LogP) is 2.52. The Morgan fingerprint density at radius 2 is 1.71 bits per heavy atom. The van der Waals surface area contributed by atoms with Gasteiger partial charge >= 0.3 is 0 Å².